The van der Waals surface area contributed by atoms with Crippen molar-refractivity contribution in [2.75, 3.05) is 19.0 Å². The molecule has 0 atom stereocenters. The van der Waals surface area contributed by atoms with E-state index >= 15 is 0 Å². The average molecular weight is 563 g/mol. The first kappa shape index (κ1) is 26.1. The molecule has 0 amide bonds. The van der Waals surface area contributed by atoms with Crippen molar-refractivity contribution in [3.63, 3.8) is 0 Å². The Balaban J connectivity index is 1.70. The number of nitrogens with zero attached hydrogens (tertiary/aromatic N) is 4. The molecule has 0 saturated heterocycles. The number of halogens is 1. The molecular formula is C28H27BrN4O4. The number of aryl methyl sites for hydroxylation is 1. The second-order valence-corrected chi connectivity index (χ2v) is 9.62. The highest BCUT2D eigenvalue weighted by Crippen LogP contribution is 2.25. The van der Waals surface area contributed by atoms with Gasteiger partial charge in [-0.2, -0.15) is 9.78 Å². The lowest BCUT2D eigenvalue weighted by Gasteiger charge is -2.16. The minimum absolute atomic E-state index is 0.218. The standard InChI is InChI=1S/C28H27BrN4O4/c1-4-5-26-31-24-13-11-21(29)14-23(24)27(34)33(26)30-16-20-10-12-22(32(2)3)15-25(20)37-17-18-6-8-19(9-7-18)28(35)36/h6-16H,4-5,17H2,1-3H3,(H,35,36). The number of fused-ring (bicyclic) bond motifs is 1. The first-order chi connectivity index (χ1) is 17.8. The number of aromatic carboxylic acids is 1. The van der Waals surface area contributed by atoms with Crippen LogP contribution < -0.4 is 15.2 Å². The van der Waals surface area contributed by atoms with Crippen molar-refractivity contribution < 1.29 is 14.6 Å². The fourth-order valence-electron chi connectivity index (χ4n) is 3.76. The summed E-state index contributed by atoms with van der Waals surface area (Å²) in [6.07, 6.45) is 3.03. The Bertz CT molecular complexity index is 1530. The molecule has 0 spiro atoms. The van der Waals surface area contributed by atoms with Crippen molar-refractivity contribution in [2.24, 2.45) is 5.10 Å². The van der Waals surface area contributed by atoms with Gasteiger partial charge in [-0.3, -0.25) is 4.79 Å². The van der Waals surface area contributed by atoms with E-state index in [2.05, 4.69) is 26.0 Å². The van der Waals surface area contributed by atoms with Gasteiger partial charge in [-0.05, 0) is 54.4 Å². The van der Waals surface area contributed by atoms with Crippen molar-refractivity contribution >= 4 is 44.7 Å². The fraction of sp³-hybridized carbons (Fsp3) is 0.214. The molecule has 1 N–H and O–H groups in total. The third-order valence-corrected chi connectivity index (χ3v) is 6.26. The molecular weight excluding hydrogens is 536 g/mol. The van der Waals surface area contributed by atoms with E-state index in [9.17, 15) is 9.59 Å². The van der Waals surface area contributed by atoms with Crippen LogP contribution in [0.15, 0.2) is 75.0 Å². The molecule has 4 aromatic rings. The second-order valence-electron chi connectivity index (χ2n) is 8.71. The molecule has 1 heterocycles. The maximum atomic E-state index is 13.3. The largest absolute Gasteiger partial charge is 0.488 e. The number of benzene rings is 3. The topological polar surface area (TPSA) is 97.0 Å². The lowest BCUT2D eigenvalue weighted by molar-refractivity contribution is 0.0697. The van der Waals surface area contributed by atoms with Crippen LogP contribution in [0.3, 0.4) is 0 Å². The van der Waals surface area contributed by atoms with E-state index in [0.29, 0.717) is 34.5 Å². The summed E-state index contributed by atoms with van der Waals surface area (Å²) in [5.74, 6) is 0.196. The summed E-state index contributed by atoms with van der Waals surface area (Å²) >= 11 is 3.43. The highest BCUT2D eigenvalue weighted by Gasteiger charge is 2.12. The van der Waals surface area contributed by atoms with Crippen LogP contribution in [0.2, 0.25) is 0 Å². The summed E-state index contributed by atoms with van der Waals surface area (Å²) in [4.78, 5) is 31.1. The monoisotopic (exact) mass is 562 g/mol. The van der Waals surface area contributed by atoms with E-state index in [-0.39, 0.29) is 17.7 Å². The smallest absolute Gasteiger partial charge is 0.335 e. The normalized spacial score (nSPS) is 11.2. The number of carboxylic acids is 1. The molecule has 9 heteroatoms. The molecule has 4 rings (SSSR count). The molecule has 0 unspecified atom stereocenters. The van der Waals surface area contributed by atoms with Gasteiger partial charge in [0.25, 0.3) is 5.56 Å². The van der Waals surface area contributed by atoms with Gasteiger partial charge in [-0.25, -0.2) is 9.78 Å². The van der Waals surface area contributed by atoms with E-state index in [1.807, 2.05) is 56.3 Å². The van der Waals surface area contributed by atoms with Gasteiger partial charge in [0.1, 0.15) is 18.2 Å². The summed E-state index contributed by atoms with van der Waals surface area (Å²) in [5, 5.41) is 14.1. The van der Waals surface area contributed by atoms with Crippen molar-refractivity contribution in [2.45, 2.75) is 26.4 Å². The van der Waals surface area contributed by atoms with Crippen LogP contribution in [0.1, 0.15) is 40.7 Å². The van der Waals surface area contributed by atoms with Crippen LogP contribution in [-0.2, 0) is 13.0 Å². The number of ether oxygens (including phenoxy) is 1. The quantitative estimate of drug-likeness (QED) is 0.277. The lowest BCUT2D eigenvalue weighted by Crippen LogP contribution is -2.22. The van der Waals surface area contributed by atoms with Crippen LogP contribution in [0.5, 0.6) is 5.75 Å². The fourth-order valence-corrected chi connectivity index (χ4v) is 4.12. The molecule has 0 aliphatic heterocycles. The van der Waals surface area contributed by atoms with Crippen LogP contribution in [0, 0.1) is 0 Å². The molecule has 3 aromatic carbocycles. The lowest BCUT2D eigenvalue weighted by atomic mass is 10.1. The van der Waals surface area contributed by atoms with Crippen LogP contribution in [-0.4, -0.2) is 41.0 Å². The van der Waals surface area contributed by atoms with Gasteiger partial charge < -0.3 is 14.7 Å². The van der Waals surface area contributed by atoms with E-state index < -0.39 is 5.97 Å². The van der Waals surface area contributed by atoms with Gasteiger partial charge in [0.15, 0.2) is 0 Å². The Hall–Kier alpha value is -3.98. The Kier molecular flexibility index (Phi) is 8.03. The number of anilines is 1. The van der Waals surface area contributed by atoms with Gasteiger partial charge in [0.05, 0.1) is 22.7 Å². The average Bonchev–Trinajstić information content (AvgIpc) is 2.88. The summed E-state index contributed by atoms with van der Waals surface area (Å²) in [5.41, 5.74) is 3.07. The zero-order valence-electron chi connectivity index (χ0n) is 20.8. The van der Waals surface area contributed by atoms with Crippen LogP contribution >= 0.6 is 15.9 Å². The van der Waals surface area contributed by atoms with Gasteiger partial charge in [-0.15, -0.1) is 0 Å². The highest BCUT2D eigenvalue weighted by atomic mass is 79.9. The number of carboxylic acid groups (broad SMARTS) is 1. The van der Waals surface area contributed by atoms with E-state index in [0.717, 1.165) is 22.1 Å². The second kappa shape index (κ2) is 11.4. The minimum Gasteiger partial charge on any atom is -0.488 e. The Labute approximate surface area is 223 Å². The first-order valence-electron chi connectivity index (χ1n) is 11.8. The van der Waals surface area contributed by atoms with E-state index in [1.165, 1.54) is 4.68 Å². The molecule has 0 radical (unpaired) electrons. The molecule has 0 fully saturated rings. The zero-order valence-corrected chi connectivity index (χ0v) is 22.4. The molecule has 0 bridgehead atoms. The number of rotatable bonds is 9. The maximum absolute atomic E-state index is 13.3. The van der Waals surface area contributed by atoms with Gasteiger partial charge >= 0.3 is 5.97 Å². The zero-order chi connectivity index (χ0) is 26.5. The van der Waals surface area contributed by atoms with Crippen molar-refractivity contribution in [1.29, 1.82) is 0 Å². The number of hydrogen-bond acceptors (Lipinski definition) is 6. The molecule has 37 heavy (non-hydrogen) atoms. The Morgan fingerprint density at radius 3 is 2.57 bits per heavy atom. The maximum Gasteiger partial charge on any atom is 0.335 e. The summed E-state index contributed by atoms with van der Waals surface area (Å²) in [6.45, 7) is 2.27. The summed E-state index contributed by atoms with van der Waals surface area (Å²) in [7, 11) is 3.87. The predicted molar refractivity (Wildman–Crippen MR) is 149 cm³/mol. The molecule has 190 valence electrons. The highest BCUT2D eigenvalue weighted by molar-refractivity contribution is 9.10. The van der Waals surface area contributed by atoms with Crippen LogP contribution in [0.4, 0.5) is 5.69 Å². The Morgan fingerprint density at radius 2 is 1.89 bits per heavy atom. The molecule has 0 aliphatic carbocycles. The summed E-state index contributed by atoms with van der Waals surface area (Å²) < 4.78 is 8.27. The van der Waals surface area contributed by atoms with Crippen molar-refractivity contribution in [1.82, 2.24) is 9.66 Å². The van der Waals surface area contributed by atoms with Crippen molar-refractivity contribution in [3.8, 4) is 5.75 Å². The summed E-state index contributed by atoms with van der Waals surface area (Å²) in [6, 6.07) is 17.7. The number of carbonyl (C=O) groups is 1. The SMILES string of the molecule is CCCc1nc2ccc(Br)cc2c(=O)n1N=Cc1ccc(N(C)C)cc1OCc1ccc(C(=O)O)cc1. The minimum atomic E-state index is -0.974. The van der Waals surface area contributed by atoms with Gasteiger partial charge in [0, 0.05) is 42.3 Å². The van der Waals surface area contributed by atoms with Gasteiger partial charge in [0.2, 0.25) is 0 Å². The van der Waals surface area contributed by atoms with Crippen LogP contribution in [0.25, 0.3) is 10.9 Å². The molecule has 8 nitrogen and oxygen atoms in total. The van der Waals surface area contributed by atoms with Crippen molar-refractivity contribution in [3.05, 3.63) is 98.0 Å². The molecule has 0 saturated carbocycles. The predicted octanol–water partition coefficient (Wildman–Crippen LogP) is 5.34. The van der Waals surface area contributed by atoms with Gasteiger partial charge in [-0.1, -0.05) is 35.0 Å². The molecule has 0 aliphatic rings. The van der Waals surface area contributed by atoms with E-state index in [4.69, 9.17) is 9.84 Å². The number of aromatic nitrogens is 2. The number of hydrogen-bond donors (Lipinski definition) is 1. The third-order valence-electron chi connectivity index (χ3n) is 5.77. The molecule has 1 aromatic heterocycles. The first-order valence-corrected chi connectivity index (χ1v) is 12.6. The van der Waals surface area contributed by atoms with E-state index in [1.54, 1.807) is 36.5 Å². The Morgan fingerprint density at radius 1 is 1.14 bits per heavy atom. The third kappa shape index (κ3) is 6.06.